The van der Waals surface area contributed by atoms with Gasteiger partial charge in [-0.25, -0.2) is 0 Å². The maximum atomic E-state index is 11.9. The van der Waals surface area contributed by atoms with Gasteiger partial charge in [-0.2, -0.15) is 0 Å². The smallest absolute Gasteiger partial charge is 0.306 e. The van der Waals surface area contributed by atoms with Gasteiger partial charge in [0, 0.05) is 17.7 Å². The molecule has 0 aliphatic carbocycles. The summed E-state index contributed by atoms with van der Waals surface area (Å²) in [5, 5.41) is 2.67. The number of amides is 1. The van der Waals surface area contributed by atoms with Crippen LogP contribution in [0, 0.1) is 0 Å². The maximum absolute atomic E-state index is 11.9. The minimum Gasteiger partial charge on any atom is -0.456 e. The molecule has 2 rings (SSSR count). The van der Waals surface area contributed by atoms with Crippen molar-refractivity contribution in [1.82, 2.24) is 0 Å². The van der Waals surface area contributed by atoms with Crippen molar-refractivity contribution in [2.75, 3.05) is 11.9 Å². The summed E-state index contributed by atoms with van der Waals surface area (Å²) < 4.78 is 4.92. The number of benzene rings is 2. The Hall–Kier alpha value is -2.95. The quantitative estimate of drug-likeness (QED) is 0.576. The largest absolute Gasteiger partial charge is 0.456 e. The van der Waals surface area contributed by atoms with Crippen LogP contribution in [0.15, 0.2) is 54.6 Å². The van der Waals surface area contributed by atoms with Crippen LogP contribution >= 0.6 is 0 Å². The SMILES string of the molecule is CC(C)c1ccc(NC(=O)COC(=O)CCC(=O)c2ccccc2)cc1. The van der Waals surface area contributed by atoms with E-state index in [-0.39, 0.29) is 25.2 Å². The minimum absolute atomic E-state index is 0.0515. The van der Waals surface area contributed by atoms with Gasteiger partial charge in [-0.05, 0) is 23.6 Å². The highest BCUT2D eigenvalue weighted by atomic mass is 16.5. The van der Waals surface area contributed by atoms with Gasteiger partial charge in [-0.3, -0.25) is 14.4 Å². The third-order valence-electron chi connectivity index (χ3n) is 3.88. The summed E-state index contributed by atoms with van der Waals surface area (Å²) in [5.74, 6) is -0.693. The lowest BCUT2D eigenvalue weighted by molar-refractivity contribution is -0.147. The average Bonchev–Trinajstić information content (AvgIpc) is 2.65. The molecule has 0 saturated carbocycles. The molecule has 0 aromatic heterocycles. The third-order valence-corrected chi connectivity index (χ3v) is 3.88. The molecule has 0 saturated heterocycles. The summed E-state index contributed by atoms with van der Waals surface area (Å²) in [7, 11) is 0. The molecule has 5 heteroatoms. The van der Waals surface area contributed by atoms with Crippen molar-refractivity contribution >= 4 is 23.3 Å². The van der Waals surface area contributed by atoms with E-state index in [1.165, 1.54) is 5.56 Å². The van der Waals surface area contributed by atoms with Crippen LogP contribution in [0.5, 0.6) is 0 Å². The Morgan fingerprint density at radius 2 is 1.58 bits per heavy atom. The monoisotopic (exact) mass is 353 g/mol. The topological polar surface area (TPSA) is 72.5 Å². The van der Waals surface area contributed by atoms with Gasteiger partial charge < -0.3 is 10.1 Å². The second-order valence-electron chi connectivity index (χ2n) is 6.27. The van der Waals surface area contributed by atoms with Gasteiger partial charge in [0.1, 0.15) is 0 Å². The summed E-state index contributed by atoms with van der Waals surface area (Å²) in [6.45, 7) is 3.81. The molecule has 2 aromatic carbocycles. The van der Waals surface area contributed by atoms with Crippen molar-refractivity contribution in [3.8, 4) is 0 Å². The first kappa shape index (κ1) is 19.4. The van der Waals surface area contributed by atoms with E-state index in [2.05, 4.69) is 19.2 Å². The van der Waals surface area contributed by atoms with E-state index in [9.17, 15) is 14.4 Å². The van der Waals surface area contributed by atoms with Gasteiger partial charge in [0.25, 0.3) is 5.91 Å². The number of Topliss-reactive ketones (excluding diaryl/α,β-unsaturated/α-hetero) is 1. The van der Waals surface area contributed by atoms with Gasteiger partial charge in [0.05, 0.1) is 6.42 Å². The molecule has 136 valence electrons. The Labute approximate surface area is 153 Å². The Morgan fingerprint density at radius 1 is 0.923 bits per heavy atom. The zero-order chi connectivity index (χ0) is 18.9. The number of rotatable bonds is 8. The molecule has 2 aromatic rings. The van der Waals surface area contributed by atoms with Gasteiger partial charge in [-0.15, -0.1) is 0 Å². The molecule has 0 unspecified atom stereocenters. The molecule has 1 amide bonds. The Bertz CT molecular complexity index is 751. The van der Waals surface area contributed by atoms with Crippen LogP contribution in [0.3, 0.4) is 0 Å². The van der Waals surface area contributed by atoms with Crippen LogP contribution in [0.1, 0.15) is 48.5 Å². The van der Waals surface area contributed by atoms with Crippen molar-refractivity contribution in [3.63, 3.8) is 0 Å². The third kappa shape index (κ3) is 6.16. The molecule has 0 aliphatic heterocycles. The molecule has 26 heavy (non-hydrogen) atoms. The number of ether oxygens (including phenoxy) is 1. The lowest BCUT2D eigenvalue weighted by Gasteiger charge is -2.09. The van der Waals surface area contributed by atoms with Gasteiger partial charge in [-0.1, -0.05) is 56.3 Å². The van der Waals surface area contributed by atoms with Gasteiger partial charge >= 0.3 is 5.97 Å². The molecule has 0 spiro atoms. The molecule has 1 N–H and O–H groups in total. The van der Waals surface area contributed by atoms with Crippen LogP contribution in [0.2, 0.25) is 0 Å². The molecular formula is C21H23NO4. The number of hydrogen-bond acceptors (Lipinski definition) is 4. The molecule has 0 bridgehead atoms. The fourth-order valence-corrected chi connectivity index (χ4v) is 2.35. The molecule has 0 atom stereocenters. The number of carbonyl (C=O) groups excluding carboxylic acids is 3. The zero-order valence-corrected chi connectivity index (χ0v) is 15.0. The van der Waals surface area contributed by atoms with Crippen LogP contribution < -0.4 is 5.32 Å². The van der Waals surface area contributed by atoms with E-state index in [1.807, 2.05) is 30.3 Å². The Morgan fingerprint density at radius 3 is 2.19 bits per heavy atom. The Balaban J connectivity index is 1.71. The first-order valence-electron chi connectivity index (χ1n) is 8.59. The molecule has 0 heterocycles. The summed E-state index contributed by atoms with van der Waals surface area (Å²) in [5.41, 5.74) is 2.38. The summed E-state index contributed by atoms with van der Waals surface area (Å²) in [6.07, 6.45) is 0.00518. The van der Waals surface area contributed by atoms with Gasteiger partial charge in [0.15, 0.2) is 12.4 Å². The lowest BCUT2D eigenvalue weighted by atomic mass is 10.0. The van der Waals surface area contributed by atoms with E-state index >= 15 is 0 Å². The predicted octanol–water partition coefficient (Wildman–Crippen LogP) is 3.95. The Kier molecular flexibility index (Phi) is 7.09. The number of hydrogen-bond donors (Lipinski definition) is 1. The summed E-state index contributed by atoms with van der Waals surface area (Å²) in [6, 6.07) is 16.3. The fraction of sp³-hybridized carbons (Fsp3) is 0.286. The predicted molar refractivity (Wildman–Crippen MR) is 100 cm³/mol. The highest BCUT2D eigenvalue weighted by molar-refractivity contribution is 5.97. The van der Waals surface area contributed by atoms with E-state index in [0.29, 0.717) is 17.2 Å². The number of ketones is 1. The van der Waals surface area contributed by atoms with E-state index in [0.717, 1.165) is 0 Å². The molecule has 0 aliphatic rings. The van der Waals surface area contributed by atoms with Crippen LogP contribution in [-0.2, 0) is 14.3 Å². The fourth-order valence-electron chi connectivity index (χ4n) is 2.35. The summed E-state index contributed by atoms with van der Waals surface area (Å²) in [4.78, 5) is 35.5. The van der Waals surface area contributed by atoms with Gasteiger partial charge in [0.2, 0.25) is 0 Å². The van der Waals surface area contributed by atoms with Crippen molar-refractivity contribution in [2.24, 2.45) is 0 Å². The van der Waals surface area contributed by atoms with E-state index < -0.39 is 11.9 Å². The number of esters is 1. The molecular weight excluding hydrogens is 330 g/mol. The zero-order valence-electron chi connectivity index (χ0n) is 15.0. The second-order valence-corrected chi connectivity index (χ2v) is 6.27. The first-order chi connectivity index (χ1) is 12.5. The molecule has 0 radical (unpaired) electrons. The van der Waals surface area contributed by atoms with E-state index in [4.69, 9.17) is 4.74 Å². The maximum Gasteiger partial charge on any atom is 0.306 e. The average molecular weight is 353 g/mol. The van der Waals surface area contributed by atoms with Crippen molar-refractivity contribution in [2.45, 2.75) is 32.6 Å². The van der Waals surface area contributed by atoms with Crippen molar-refractivity contribution < 1.29 is 19.1 Å². The van der Waals surface area contributed by atoms with Crippen LogP contribution in [0.4, 0.5) is 5.69 Å². The highest BCUT2D eigenvalue weighted by Crippen LogP contribution is 2.17. The molecule has 5 nitrogen and oxygen atoms in total. The van der Waals surface area contributed by atoms with Crippen molar-refractivity contribution in [3.05, 3.63) is 65.7 Å². The van der Waals surface area contributed by atoms with E-state index in [1.54, 1.807) is 24.3 Å². The standard InChI is InChI=1S/C21H23NO4/c1-15(2)16-8-10-18(11-9-16)22-20(24)14-26-21(25)13-12-19(23)17-6-4-3-5-7-17/h3-11,15H,12-14H2,1-2H3,(H,22,24). The number of nitrogens with one attached hydrogen (secondary N) is 1. The van der Waals surface area contributed by atoms with Crippen LogP contribution in [0.25, 0.3) is 0 Å². The number of carbonyl (C=O) groups is 3. The minimum atomic E-state index is -0.570. The number of anilines is 1. The molecule has 0 fully saturated rings. The summed E-state index contributed by atoms with van der Waals surface area (Å²) >= 11 is 0. The van der Waals surface area contributed by atoms with Crippen molar-refractivity contribution in [1.29, 1.82) is 0 Å². The normalized spacial score (nSPS) is 10.4. The second kappa shape index (κ2) is 9.51. The lowest BCUT2D eigenvalue weighted by Crippen LogP contribution is -2.21. The first-order valence-corrected chi connectivity index (χ1v) is 8.59. The highest BCUT2D eigenvalue weighted by Gasteiger charge is 2.12. The van der Waals surface area contributed by atoms with Crippen LogP contribution in [-0.4, -0.2) is 24.3 Å².